The minimum atomic E-state index is -0.787. The van der Waals surface area contributed by atoms with E-state index in [1.54, 1.807) is 16.7 Å². The number of amides is 2. The van der Waals surface area contributed by atoms with Gasteiger partial charge < -0.3 is 29.1 Å². The molecule has 2 amide bonds. The molecule has 1 N–H and O–H groups in total. The third-order valence-corrected chi connectivity index (χ3v) is 5.63. The third-order valence-electron chi connectivity index (χ3n) is 5.63. The molecule has 2 rings (SSSR count). The number of aliphatic carboxylic acids is 1. The van der Waals surface area contributed by atoms with Crippen LogP contribution in [0.5, 0.6) is 0 Å². The molecule has 2 fully saturated rings. The van der Waals surface area contributed by atoms with Gasteiger partial charge in [0.2, 0.25) is 0 Å². The second-order valence-corrected chi connectivity index (χ2v) is 11.3. The van der Waals surface area contributed by atoms with Crippen LogP contribution in [0, 0.1) is 0 Å². The average Bonchev–Trinajstić information content (AvgIpc) is 2.80. The molecule has 220 valence electrons. The Hall–Kier alpha value is -2.60. The van der Waals surface area contributed by atoms with Crippen molar-refractivity contribution >= 4 is 24.1 Å². The lowest BCUT2D eigenvalue weighted by Gasteiger charge is -2.35. The van der Waals surface area contributed by atoms with E-state index in [1.807, 2.05) is 41.5 Å². The number of esters is 1. The van der Waals surface area contributed by atoms with E-state index < -0.39 is 17.2 Å². The molecule has 38 heavy (non-hydrogen) atoms. The molecule has 0 radical (unpaired) electrons. The molecule has 12 heteroatoms. The maximum absolute atomic E-state index is 11.9. The van der Waals surface area contributed by atoms with Crippen LogP contribution in [0.15, 0.2) is 0 Å². The Morgan fingerprint density at radius 3 is 1.34 bits per heavy atom. The second-order valence-electron chi connectivity index (χ2n) is 11.3. The Morgan fingerprint density at radius 2 is 1.03 bits per heavy atom. The molecule has 2 aliphatic heterocycles. The van der Waals surface area contributed by atoms with Gasteiger partial charge in [0.15, 0.2) is 0 Å². The first-order valence-corrected chi connectivity index (χ1v) is 13.4. The van der Waals surface area contributed by atoms with Gasteiger partial charge in [-0.15, -0.1) is 0 Å². The van der Waals surface area contributed by atoms with Crippen molar-refractivity contribution in [1.82, 2.24) is 19.6 Å². The first-order chi connectivity index (χ1) is 17.6. The number of piperazine rings is 2. The van der Waals surface area contributed by atoms with Crippen LogP contribution in [-0.2, 0) is 23.8 Å². The second kappa shape index (κ2) is 15.7. The van der Waals surface area contributed by atoms with Gasteiger partial charge in [-0.05, 0) is 48.5 Å². The van der Waals surface area contributed by atoms with E-state index in [4.69, 9.17) is 19.3 Å². The minimum Gasteiger partial charge on any atom is -0.481 e. The predicted octanol–water partition coefficient (Wildman–Crippen LogP) is 2.51. The molecule has 0 aromatic rings. The lowest BCUT2D eigenvalue weighted by atomic mass is 10.2. The van der Waals surface area contributed by atoms with Crippen LogP contribution < -0.4 is 0 Å². The SMILES string of the molecule is CC(C)(C)OC(=O)N1CCN(CCC(=O)O)CC1.CCOC(=O)CCN1CCN(C(=O)OC(C)(C)C)CC1. The van der Waals surface area contributed by atoms with Crippen molar-refractivity contribution in [3.63, 3.8) is 0 Å². The molecule has 0 unspecified atom stereocenters. The number of hydrogen-bond donors (Lipinski definition) is 1. The maximum Gasteiger partial charge on any atom is 0.410 e. The molecule has 0 aromatic carbocycles. The van der Waals surface area contributed by atoms with E-state index in [0.717, 1.165) is 13.1 Å². The molecule has 0 aliphatic carbocycles. The van der Waals surface area contributed by atoms with Gasteiger partial charge in [0.1, 0.15) is 11.2 Å². The summed E-state index contributed by atoms with van der Waals surface area (Å²) in [4.78, 5) is 53.0. The van der Waals surface area contributed by atoms with Gasteiger partial charge in [0.25, 0.3) is 0 Å². The van der Waals surface area contributed by atoms with Gasteiger partial charge in [-0.25, -0.2) is 9.59 Å². The highest BCUT2D eigenvalue weighted by Crippen LogP contribution is 2.13. The largest absolute Gasteiger partial charge is 0.481 e. The molecule has 0 aromatic heterocycles. The Kier molecular flexibility index (Phi) is 13.8. The summed E-state index contributed by atoms with van der Waals surface area (Å²) in [6.07, 6.45) is -0.00452. The first kappa shape index (κ1) is 33.4. The van der Waals surface area contributed by atoms with Gasteiger partial charge in [-0.3, -0.25) is 19.4 Å². The molecule has 2 heterocycles. The van der Waals surface area contributed by atoms with E-state index in [-0.39, 0.29) is 24.6 Å². The quantitative estimate of drug-likeness (QED) is 0.377. The van der Waals surface area contributed by atoms with Crippen LogP contribution in [-0.4, -0.2) is 132 Å². The van der Waals surface area contributed by atoms with Gasteiger partial charge in [-0.2, -0.15) is 0 Å². The van der Waals surface area contributed by atoms with Crippen LogP contribution in [0.1, 0.15) is 61.3 Å². The molecule has 0 bridgehead atoms. The van der Waals surface area contributed by atoms with Crippen molar-refractivity contribution in [3.8, 4) is 0 Å². The van der Waals surface area contributed by atoms with Crippen molar-refractivity contribution in [2.24, 2.45) is 0 Å². The van der Waals surface area contributed by atoms with E-state index in [9.17, 15) is 19.2 Å². The summed E-state index contributed by atoms with van der Waals surface area (Å²) in [6, 6.07) is 0. The van der Waals surface area contributed by atoms with E-state index >= 15 is 0 Å². The van der Waals surface area contributed by atoms with Crippen molar-refractivity contribution in [1.29, 1.82) is 0 Å². The monoisotopic (exact) mass is 544 g/mol. The van der Waals surface area contributed by atoms with Crippen LogP contribution in [0.4, 0.5) is 9.59 Å². The maximum atomic E-state index is 11.9. The Labute approximate surface area is 227 Å². The van der Waals surface area contributed by atoms with Crippen LogP contribution in [0.3, 0.4) is 0 Å². The Bertz CT molecular complexity index is 762. The molecule has 12 nitrogen and oxygen atoms in total. The normalized spacial score (nSPS) is 17.2. The number of carbonyl (C=O) groups excluding carboxylic acids is 3. The fourth-order valence-corrected chi connectivity index (χ4v) is 3.70. The summed E-state index contributed by atoms with van der Waals surface area (Å²) in [5, 5.41) is 8.60. The molecule has 0 saturated carbocycles. The molecule has 0 atom stereocenters. The van der Waals surface area contributed by atoms with Crippen molar-refractivity contribution in [2.45, 2.75) is 72.5 Å². The smallest absolute Gasteiger partial charge is 0.410 e. The highest BCUT2D eigenvalue weighted by Gasteiger charge is 2.27. The van der Waals surface area contributed by atoms with E-state index in [0.29, 0.717) is 65.4 Å². The van der Waals surface area contributed by atoms with Gasteiger partial charge >= 0.3 is 24.1 Å². The van der Waals surface area contributed by atoms with Crippen molar-refractivity contribution in [2.75, 3.05) is 72.1 Å². The average molecular weight is 545 g/mol. The minimum absolute atomic E-state index is 0.145. The van der Waals surface area contributed by atoms with Gasteiger partial charge in [0.05, 0.1) is 19.4 Å². The topological polar surface area (TPSA) is 129 Å². The first-order valence-electron chi connectivity index (χ1n) is 13.4. The summed E-state index contributed by atoms with van der Waals surface area (Å²) < 4.78 is 15.5. The molecular formula is C26H48N4O8. The molecule has 2 saturated heterocycles. The fraction of sp³-hybridized carbons (Fsp3) is 0.846. The Morgan fingerprint density at radius 1 is 0.658 bits per heavy atom. The van der Waals surface area contributed by atoms with Crippen LogP contribution >= 0.6 is 0 Å². The molecule has 2 aliphatic rings. The Balaban J connectivity index is 0.000000382. The number of rotatable bonds is 7. The standard InChI is InChI=1S/C14H26N2O4.C12H22N2O4/c1-5-19-12(17)6-7-15-8-10-16(11-9-15)13(18)20-14(2,3)4;1-12(2,3)18-11(17)14-8-6-13(7-9-14)5-4-10(15)16/h5-11H2,1-4H3;4-9H2,1-3H3,(H,15,16). The highest BCUT2D eigenvalue weighted by atomic mass is 16.6. The number of hydrogen-bond acceptors (Lipinski definition) is 9. The number of carbonyl (C=O) groups is 4. The lowest BCUT2D eigenvalue weighted by Crippen LogP contribution is -2.50. The van der Waals surface area contributed by atoms with E-state index in [2.05, 4.69) is 9.80 Å². The highest BCUT2D eigenvalue weighted by molar-refractivity contribution is 5.70. The van der Waals surface area contributed by atoms with Crippen molar-refractivity contribution in [3.05, 3.63) is 0 Å². The number of carboxylic acid groups (broad SMARTS) is 1. The van der Waals surface area contributed by atoms with Gasteiger partial charge in [0, 0.05) is 65.4 Å². The zero-order valence-corrected chi connectivity index (χ0v) is 24.3. The third kappa shape index (κ3) is 15.0. The van der Waals surface area contributed by atoms with Crippen LogP contribution in [0.2, 0.25) is 0 Å². The van der Waals surface area contributed by atoms with E-state index in [1.165, 1.54) is 0 Å². The zero-order valence-electron chi connectivity index (χ0n) is 24.3. The summed E-state index contributed by atoms with van der Waals surface area (Å²) in [5.74, 6) is -0.952. The summed E-state index contributed by atoms with van der Waals surface area (Å²) >= 11 is 0. The number of carboxylic acids is 1. The predicted molar refractivity (Wildman–Crippen MR) is 142 cm³/mol. The zero-order chi connectivity index (χ0) is 28.9. The van der Waals surface area contributed by atoms with Crippen LogP contribution in [0.25, 0.3) is 0 Å². The molecular weight excluding hydrogens is 496 g/mol. The lowest BCUT2D eigenvalue weighted by molar-refractivity contribution is -0.143. The summed E-state index contributed by atoms with van der Waals surface area (Å²) in [5.41, 5.74) is -0.935. The van der Waals surface area contributed by atoms with Gasteiger partial charge in [-0.1, -0.05) is 0 Å². The molecule has 0 spiro atoms. The number of ether oxygens (including phenoxy) is 3. The van der Waals surface area contributed by atoms with Crippen molar-refractivity contribution < 1.29 is 38.5 Å². The fourth-order valence-electron chi connectivity index (χ4n) is 3.70. The number of nitrogens with zero attached hydrogens (tertiary/aromatic N) is 4. The summed E-state index contributed by atoms with van der Waals surface area (Å²) in [7, 11) is 0. The summed E-state index contributed by atoms with van der Waals surface area (Å²) in [6.45, 7) is 19.9.